The normalized spacial score (nSPS) is 12.6. The number of anilines is 2. The van der Waals surface area contributed by atoms with Gasteiger partial charge in [-0.3, -0.25) is 0 Å². The van der Waals surface area contributed by atoms with Crippen LogP contribution in [0.1, 0.15) is 60.1 Å². The average Bonchev–Trinajstić information content (AvgIpc) is 3.11. The quantitative estimate of drug-likeness (QED) is 0.128. The molecule has 0 aromatic heterocycles. The van der Waals surface area contributed by atoms with Gasteiger partial charge in [0.25, 0.3) is 0 Å². The number of benzene rings is 6. The Labute approximate surface area is 282 Å². The van der Waals surface area contributed by atoms with Gasteiger partial charge in [0.15, 0.2) is 0 Å². The van der Waals surface area contributed by atoms with Crippen LogP contribution in [0.2, 0.25) is 0 Å². The van der Waals surface area contributed by atoms with Crippen molar-refractivity contribution in [3.05, 3.63) is 191 Å². The molecule has 2 unspecified atom stereocenters. The summed E-state index contributed by atoms with van der Waals surface area (Å²) in [6.45, 7) is 5.39. The lowest BCUT2D eigenvalue weighted by molar-refractivity contribution is 0.447. The predicted octanol–water partition coefficient (Wildman–Crippen LogP) is 10.9. The van der Waals surface area contributed by atoms with Gasteiger partial charge in [-0.05, 0) is 70.2 Å². The monoisotopic (exact) mass is 633 g/mol. The highest BCUT2D eigenvalue weighted by atomic mass is 31.1. The second-order valence-electron chi connectivity index (χ2n) is 12.6. The molecule has 6 aromatic rings. The van der Waals surface area contributed by atoms with E-state index in [2.05, 4.69) is 170 Å². The van der Waals surface area contributed by atoms with Crippen molar-refractivity contribution in [3.63, 3.8) is 0 Å². The van der Waals surface area contributed by atoms with Gasteiger partial charge in [-0.1, -0.05) is 162 Å². The van der Waals surface area contributed by atoms with Gasteiger partial charge >= 0.3 is 0 Å². The first-order valence-electron chi connectivity index (χ1n) is 16.7. The van der Waals surface area contributed by atoms with Crippen molar-refractivity contribution in [1.82, 2.24) is 0 Å². The summed E-state index contributed by atoms with van der Waals surface area (Å²) in [6, 6.07) is 55.9. The molecular formula is C44H44NOP. The Balaban J connectivity index is 1.40. The van der Waals surface area contributed by atoms with Crippen LogP contribution in [0.3, 0.4) is 0 Å². The van der Waals surface area contributed by atoms with Gasteiger partial charge in [-0.15, -0.1) is 0 Å². The zero-order chi connectivity index (χ0) is 32.5. The van der Waals surface area contributed by atoms with Gasteiger partial charge in [-0.25, -0.2) is 0 Å². The SMILES string of the molecule is CCCC(C)(Pc1ccccc1CN(c1ccccc1)c1ccccc1)c1cc(Cc2ccccc2)cc(Cc2ccccc2)c1O. The average molecular weight is 634 g/mol. The van der Waals surface area contributed by atoms with Crippen LogP contribution in [0.4, 0.5) is 11.4 Å². The van der Waals surface area contributed by atoms with E-state index in [1.807, 2.05) is 6.07 Å². The van der Waals surface area contributed by atoms with E-state index in [0.717, 1.165) is 36.9 Å². The summed E-state index contributed by atoms with van der Waals surface area (Å²) in [7, 11) is 0.485. The van der Waals surface area contributed by atoms with Gasteiger partial charge in [0.2, 0.25) is 0 Å². The standard InChI is InChI=1S/C44H44NOP/c1-3-28-44(2,41-32-36(29-34-18-8-4-9-19-34)31-38(43(41)46)30-35-20-10-5-11-21-35)47-42-27-17-16-22-37(42)33-45(39-23-12-6-13-24-39)40-25-14-7-15-26-40/h4-27,31-32,46-47H,3,28-30,33H2,1-2H3. The summed E-state index contributed by atoms with van der Waals surface area (Å²) >= 11 is 0. The zero-order valence-electron chi connectivity index (χ0n) is 27.4. The molecule has 6 rings (SSSR count). The van der Waals surface area contributed by atoms with Crippen LogP contribution in [-0.4, -0.2) is 5.11 Å². The van der Waals surface area contributed by atoms with Crippen molar-refractivity contribution in [2.75, 3.05) is 4.90 Å². The Morgan fingerprint density at radius 3 is 1.66 bits per heavy atom. The molecule has 0 spiro atoms. The molecular weight excluding hydrogens is 589 g/mol. The molecule has 3 heteroatoms. The summed E-state index contributed by atoms with van der Waals surface area (Å²) in [5.41, 5.74) is 9.45. The summed E-state index contributed by atoms with van der Waals surface area (Å²) in [4.78, 5) is 2.40. The number of phenols is 1. The van der Waals surface area contributed by atoms with Crippen LogP contribution >= 0.6 is 8.58 Å². The Hall–Kier alpha value is -4.65. The van der Waals surface area contributed by atoms with Crippen LogP contribution in [0, 0.1) is 0 Å². The van der Waals surface area contributed by atoms with Crippen molar-refractivity contribution in [2.24, 2.45) is 0 Å². The lowest BCUT2D eigenvalue weighted by Crippen LogP contribution is -2.24. The maximum atomic E-state index is 12.1. The van der Waals surface area contributed by atoms with Crippen LogP contribution in [-0.2, 0) is 24.5 Å². The smallest absolute Gasteiger partial charge is 0.123 e. The molecule has 47 heavy (non-hydrogen) atoms. The third kappa shape index (κ3) is 8.02. The van der Waals surface area contributed by atoms with Crippen molar-refractivity contribution < 1.29 is 5.11 Å². The van der Waals surface area contributed by atoms with E-state index in [1.54, 1.807) is 0 Å². The first kappa shape index (κ1) is 32.3. The number of aromatic hydroxyl groups is 1. The molecule has 0 radical (unpaired) electrons. The lowest BCUT2D eigenvalue weighted by Gasteiger charge is -2.34. The molecule has 236 valence electrons. The maximum absolute atomic E-state index is 12.1. The van der Waals surface area contributed by atoms with Crippen LogP contribution in [0.5, 0.6) is 5.75 Å². The highest BCUT2D eigenvalue weighted by Crippen LogP contribution is 2.50. The fourth-order valence-electron chi connectivity index (χ4n) is 6.63. The fraction of sp³-hybridized carbons (Fsp3) is 0.182. The Kier molecular flexibility index (Phi) is 10.5. The number of phenolic OH excluding ortho intramolecular Hbond substituents is 1. The van der Waals surface area contributed by atoms with E-state index >= 15 is 0 Å². The van der Waals surface area contributed by atoms with Crippen LogP contribution in [0.15, 0.2) is 158 Å². The molecule has 0 saturated heterocycles. The molecule has 2 nitrogen and oxygen atoms in total. The van der Waals surface area contributed by atoms with Crippen molar-refractivity contribution >= 4 is 25.3 Å². The predicted molar refractivity (Wildman–Crippen MR) is 202 cm³/mol. The molecule has 2 atom stereocenters. The topological polar surface area (TPSA) is 23.5 Å². The molecule has 0 bridgehead atoms. The highest BCUT2D eigenvalue weighted by Gasteiger charge is 2.32. The first-order valence-corrected chi connectivity index (χ1v) is 17.7. The molecule has 0 aliphatic heterocycles. The summed E-state index contributed by atoms with van der Waals surface area (Å²) in [5.74, 6) is 0.446. The zero-order valence-corrected chi connectivity index (χ0v) is 28.4. The molecule has 1 N–H and O–H groups in total. The highest BCUT2D eigenvalue weighted by molar-refractivity contribution is 7.48. The van der Waals surface area contributed by atoms with E-state index in [4.69, 9.17) is 0 Å². The minimum atomic E-state index is -0.239. The summed E-state index contributed by atoms with van der Waals surface area (Å²) in [5, 5.41) is 13.2. The number of rotatable bonds is 13. The van der Waals surface area contributed by atoms with Gasteiger partial charge in [-0.2, -0.15) is 0 Å². The first-order chi connectivity index (χ1) is 23.0. The van der Waals surface area contributed by atoms with E-state index in [9.17, 15) is 5.11 Å². The van der Waals surface area contributed by atoms with Crippen molar-refractivity contribution in [3.8, 4) is 5.75 Å². The van der Waals surface area contributed by atoms with Gasteiger partial charge < -0.3 is 10.0 Å². The van der Waals surface area contributed by atoms with Crippen molar-refractivity contribution in [2.45, 2.75) is 51.2 Å². The Morgan fingerprint density at radius 1 is 0.574 bits per heavy atom. The third-order valence-corrected chi connectivity index (χ3v) is 10.8. The summed E-state index contributed by atoms with van der Waals surface area (Å²) in [6.07, 6.45) is 3.55. The van der Waals surface area contributed by atoms with Crippen LogP contribution in [0.25, 0.3) is 0 Å². The van der Waals surface area contributed by atoms with E-state index in [-0.39, 0.29) is 5.16 Å². The fourth-order valence-corrected chi connectivity index (χ4v) is 8.42. The number of nitrogens with zero attached hydrogens (tertiary/aromatic N) is 1. The maximum Gasteiger partial charge on any atom is 0.123 e. The number of para-hydroxylation sites is 2. The largest absolute Gasteiger partial charge is 0.507 e. The second-order valence-corrected chi connectivity index (χ2v) is 14.5. The van der Waals surface area contributed by atoms with Gasteiger partial charge in [0, 0.05) is 35.1 Å². The molecule has 0 saturated carbocycles. The van der Waals surface area contributed by atoms with Gasteiger partial charge in [0.1, 0.15) is 5.75 Å². The van der Waals surface area contributed by atoms with E-state index in [0.29, 0.717) is 20.8 Å². The van der Waals surface area contributed by atoms with Gasteiger partial charge in [0.05, 0.1) is 0 Å². The number of hydrogen-bond donors (Lipinski definition) is 1. The van der Waals surface area contributed by atoms with E-state index < -0.39 is 0 Å². The lowest BCUT2D eigenvalue weighted by atomic mass is 9.88. The number of hydrogen-bond acceptors (Lipinski definition) is 2. The molecule has 0 amide bonds. The molecule has 6 aromatic carbocycles. The molecule has 0 aliphatic rings. The second kappa shape index (κ2) is 15.3. The minimum absolute atomic E-state index is 0.239. The molecule has 0 heterocycles. The molecule has 0 fully saturated rings. The Bertz CT molecular complexity index is 1820. The van der Waals surface area contributed by atoms with Crippen LogP contribution < -0.4 is 10.2 Å². The third-order valence-electron chi connectivity index (χ3n) is 8.97. The van der Waals surface area contributed by atoms with E-state index in [1.165, 1.54) is 38.9 Å². The van der Waals surface area contributed by atoms with Crippen molar-refractivity contribution in [1.29, 1.82) is 0 Å². The summed E-state index contributed by atoms with van der Waals surface area (Å²) < 4.78 is 0. The molecule has 0 aliphatic carbocycles. The minimum Gasteiger partial charge on any atom is -0.507 e. The Morgan fingerprint density at radius 2 is 1.09 bits per heavy atom.